The average molecular weight is 416 g/mol. The number of nitrogens with zero attached hydrogens (tertiary/aromatic N) is 4. The highest BCUT2D eigenvalue weighted by Gasteiger charge is 2.20. The molecule has 0 amide bonds. The number of halogens is 1. The highest BCUT2D eigenvalue weighted by atomic mass is 35.5. The fourth-order valence-corrected chi connectivity index (χ4v) is 3.57. The Kier molecular flexibility index (Phi) is 6.61. The molecule has 4 rings (SSSR count). The summed E-state index contributed by atoms with van der Waals surface area (Å²) in [5, 5.41) is 14.2. The monoisotopic (exact) mass is 415 g/mol. The molecule has 3 aromatic heterocycles. The third-order valence-corrected chi connectivity index (χ3v) is 5.26. The van der Waals surface area contributed by atoms with Crippen LogP contribution in [0.5, 0.6) is 0 Å². The van der Waals surface area contributed by atoms with E-state index in [1.165, 1.54) is 5.56 Å². The summed E-state index contributed by atoms with van der Waals surface area (Å²) in [6.45, 7) is 2.78. The van der Waals surface area contributed by atoms with E-state index < -0.39 is 0 Å². The Morgan fingerprint density at radius 1 is 1.18 bits per heavy atom. The zero-order valence-electron chi connectivity index (χ0n) is 15.7. The van der Waals surface area contributed by atoms with Crippen LogP contribution in [0.2, 0.25) is 0 Å². The van der Waals surface area contributed by atoms with E-state index in [9.17, 15) is 0 Å². The summed E-state index contributed by atoms with van der Waals surface area (Å²) < 4.78 is 7.49. The van der Waals surface area contributed by atoms with E-state index in [0.717, 1.165) is 16.1 Å². The lowest BCUT2D eigenvalue weighted by molar-refractivity contribution is 0.418. The smallest absolute Gasteiger partial charge is 0.261 e. The van der Waals surface area contributed by atoms with Crippen molar-refractivity contribution in [3.05, 3.63) is 65.4 Å². The SMILES string of the molecule is CNC(C)Cc1noc(-c2cn(Cc3ccccc3)nc2-c2cccs2)n1.Cl. The first kappa shape index (κ1) is 20.3. The molecule has 0 aliphatic carbocycles. The molecule has 6 nitrogen and oxygen atoms in total. The Morgan fingerprint density at radius 2 is 2.00 bits per heavy atom. The molecule has 0 aliphatic rings. The summed E-state index contributed by atoms with van der Waals surface area (Å²) in [6.07, 6.45) is 2.70. The van der Waals surface area contributed by atoms with Crippen molar-refractivity contribution in [3.63, 3.8) is 0 Å². The summed E-state index contributed by atoms with van der Waals surface area (Å²) in [5.74, 6) is 1.20. The van der Waals surface area contributed by atoms with Crippen LogP contribution in [-0.2, 0) is 13.0 Å². The number of aromatic nitrogens is 4. The van der Waals surface area contributed by atoms with Crippen LogP contribution in [0.25, 0.3) is 22.0 Å². The van der Waals surface area contributed by atoms with Crippen LogP contribution < -0.4 is 5.32 Å². The summed E-state index contributed by atoms with van der Waals surface area (Å²) >= 11 is 1.65. The van der Waals surface area contributed by atoms with E-state index in [1.807, 2.05) is 47.6 Å². The average Bonchev–Trinajstić information content (AvgIpc) is 3.42. The maximum Gasteiger partial charge on any atom is 0.261 e. The Labute approximate surface area is 174 Å². The van der Waals surface area contributed by atoms with Crippen molar-refractivity contribution >= 4 is 23.7 Å². The third-order valence-electron chi connectivity index (χ3n) is 4.38. The van der Waals surface area contributed by atoms with Gasteiger partial charge in [-0.15, -0.1) is 23.7 Å². The van der Waals surface area contributed by atoms with Gasteiger partial charge in [-0.1, -0.05) is 41.6 Å². The molecule has 1 N–H and O–H groups in total. The molecule has 8 heteroatoms. The summed E-state index contributed by atoms with van der Waals surface area (Å²) in [5.41, 5.74) is 2.93. The fourth-order valence-electron chi connectivity index (χ4n) is 2.85. The minimum absolute atomic E-state index is 0. The quantitative estimate of drug-likeness (QED) is 0.487. The third kappa shape index (κ3) is 4.49. The predicted octanol–water partition coefficient (Wildman–Crippen LogP) is 4.28. The van der Waals surface area contributed by atoms with Crippen LogP contribution in [-0.4, -0.2) is 33.0 Å². The van der Waals surface area contributed by atoms with Gasteiger partial charge in [0.25, 0.3) is 5.89 Å². The van der Waals surface area contributed by atoms with Crippen molar-refractivity contribution in [1.82, 2.24) is 25.2 Å². The van der Waals surface area contributed by atoms with E-state index in [2.05, 4.69) is 40.6 Å². The molecular weight excluding hydrogens is 394 g/mol. The zero-order chi connectivity index (χ0) is 18.6. The molecule has 146 valence electrons. The highest BCUT2D eigenvalue weighted by Crippen LogP contribution is 2.33. The topological polar surface area (TPSA) is 68.8 Å². The standard InChI is InChI=1S/C20H21N5OS.ClH/c1-14(21-2)11-18-22-20(26-24-18)16-13-25(12-15-7-4-3-5-8-15)23-19(16)17-9-6-10-27-17;/h3-10,13-14,21H,11-12H2,1-2H3;1H. The van der Waals surface area contributed by atoms with Gasteiger partial charge >= 0.3 is 0 Å². The van der Waals surface area contributed by atoms with Crippen molar-refractivity contribution < 1.29 is 4.52 Å². The first-order valence-corrected chi connectivity index (χ1v) is 9.76. The van der Waals surface area contributed by atoms with Gasteiger partial charge in [-0.2, -0.15) is 10.1 Å². The van der Waals surface area contributed by atoms with Gasteiger partial charge < -0.3 is 9.84 Å². The second-order valence-electron chi connectivity index (χ2n) is 6.46. The molecule has 0 bridgehead atoms. The Morgan fingerprint density at radius 3 is 2.71 bits per heavy atom. The normalized spacial score (nSPS) is 11.9. The largest absolute Gasteiger partial charge is 0.334 e. The van der Waals surface area contributed by atoms with Gasteiger partial charge in [0.1, 0.15) is 5.69 Å². The molecule has 3 heterocycles. The minimum Gasteiger partial charge on any atom is -0.334 e. The first-order valence-electron chi connectivity index (χ1n) is 8.88. The Balaban J connectivity index is 0.00000225. The molecule has 4 aromatic rings. The van der Waals surface area contributed by atoms with Crippen molar-refractivity contribution in [2.75, 3.05) is 7.05 Å². The molecule has 1 atom stereocenters. The first-order chi connectivity index (χ1) is 13.2. The number of rotatable bonds is 7. The van der Waals surface area contributed by atoms with Gasteiger partial charge in [0.2, 0.25) is 0 Å². The van der Waals surface area contributed by atoms with Crippen molar-refractivity contribution in [3.8, 4) is 22.0 Å². The van der Waals surface area contributed by atoms with Gasteiger partial charge in [-0.25, -0.2) is 0 Å². The van der Waals surface area contributed by atoms with E-state index in [4.69, 9.17) is 9.62 Å². The van der Waals surface area contributed by atoms with Gasteiger partial charge in [0.05, 0.1) is 17.0 Å². The summed E-state index contributed by atoms with van der Waals surface area (Å²) in [7, 11) is 1.92. The van der Waals surface area contributed by atoms with Crippen molar-refractivity contribution in [1.29, 1.82) is 0 Å². The molecule has 28 heavy (non-hydrogen) atoms. The zero-order valence-corrected chi connectivity index (χ0v) is 17.3. The number of likely N-dealkylation sites (N-methyl/N-ethyl adjacent to an activating group) is 1. The molecule has 0 fully saturated rings. The molecule has 1 unspecified atom stereocenters. The fraction of sp³-hybridized carbons (Fsp3) is 0.250. The Hall–Kier alpha value is -2.48. The number of thiophene rings is 1. The number of hydrogen-bond acceptors (Lipinski definition) is 6. The van der Waals surface area contributed by atoms with Crippen molar-refractivity contribution in [2.45, 2.75) is 25.9 Å². The van der Waals surface area contributed by atoms with E-state index in [1.54, 1.807) is 11.3 Å². The lowest BCUT2D eigenvalue weighted by atomic mass is 10.2. The van der Waals surface area contributed by atoms with Crippen molar-refractivity contribution in [2.24, 2.45) is 0 Å². The minimum atomic E-state index is 0. The number of hydrogen-bond donors (Lipinski definition) is 1. The van der Waals surface area contributed by atoms with E-state index in [0.29, 0.717) is 24.7 Å². The second kappa shape index (κ2) is 9.14. The second-order valence-corrected chi connectivity index (χ2v) is 7.41. The lowest BCUT2D eigenvalue weighted by Gasteiger charge is -2.04. The summed E-state index contributed by atoms with van der Waals surface area (Å²) in [4.78, 5) is 5.68. The molecular formula is C20H22ClN5OS. The lowest BCUT2D eigenvalue weighted by Crippen LogP contribution is -2.24. The molecule has 1 aromatic carbocycles. The number of benzene rings is 1. The molecule has 0 saturated carbocycles. The highest BCUT2D eigenvalue weighted by molar-refractivity contribution is 7.13. The van der Waals surface area contributed by atoms with Crippen LogP contribution in [0.3, 0.4) is 0 Å². The summed E-state index contributed by atoms with van der Waals surface area (Å²) in [6, 6.07) is 14.6. The van der Waals surface area contributed by atoms with Crippen LogP contribution in [0.4, 0.5) is 0 Å². The van der Waals surface area contributed by atoms with Gasteiger partial charge in [0.15, 0.2) is 5.82 Å². The van der Waals surface area contributed by atoms with Crippen LogP contribution >= 0.6 is 23.7 Å². The predicted molar refractivity (Wildman–Crippen MR) is 114 cm³/mol. The van der Waals surface area contributed by atoms with Gasteiger partial charge in [-0.3, -0.25) is 4.68 Å². The van der Waals surface area contributed by atoms with Crippen LogP contribution in [0, 0.1) is 0 Å². The maximum absolute atomic E-state index is 5.56. The molecule has 0 saturated heterocycles. The number of nitrogens with one attached hydrogen (secondary N) is 1. The van der Waals surface area contributed by atoms with E-state index >= 15 is 0 Å². The van der Waals surface area contributed by atoms with Gasteiger partial charge in [0, 0.05) is 18.7 Å². The molecule has 0 aliphatic heterocycles. The van der Waals surface area contributed by atoms with E-state index in [-0.39, 0.29) is 18.4 Å². The molecule has 0 spiro atoms. The van der Waals surface area contributed by atoms with Crippen LogP contribution in [0.15, 0.2) is 58.6 Å². The van der Waals surface area contributed by atoms with Crippen LogP contribution in [0.1, 0.15) is 18.3 Å². The maximum atomic E-state index is 5.56. The van der Waals surface area contributed by atoms with Gasteiger partial charge in [-0.05, 0) is 31.0 Å². The molecule has 0 radical (unpaired) electrons. The Bertz CT molecular complexity index is 997.